The van der Waals surface area contributed by atoms with Crippen molar-refractivity contribution < 1.29 is 4.74 Å². The first-order valence-electron chi connectivity index (χ1n) is 7.56. The van der Waals surface area contributed by atoms with Crippen LogP contribution in [0.25, 0.3) is 0 Å². The highest BCUT2D eigenvalue weighted by molar-refractivity contribution is 6.31. The minimum absolute atomic E-state index is 0.0146. The lowest BCUT2D eigenvalue weighted by molar-refractivity contribution is 0.457. The van der Waals surface area contributed by atoms with E-state index in [-0.39, 0.29) is 23.1 Å². The van der Waals surface area contributed by atoms with Gasteiger partial charge in [-0.3, -0.25) is 14.2 Å². The van der Waals surface area contributed by atoms with Gasteiger partial charge >= 0.3 is 0 Å². The third-order valence-electron chi connectivity index (χ3n) is 3.54. The van der Waals surface area contributed by atoms with Gasteiger partial charge in [0, 0.05) is 5.02 Å². The molecule has 1 aromatic carbocycles. The van der Waals surface area contributed by atoms with Crippen LogP contribution in [-0.4, -0.2) is 19.7 Å². The summed E-state index contributed by atoms with van der Waals surface area (Å²) in [5.74, 6) is 0.225. The lowest BCUT2D eigenvalue weighted by atomic mass is 10.2. The van der Waals surface area contributed by atoms with E-state index in [0.717, 1.165) is 0 Å². The molecule has 0 amide bonds. The Labute approximate surface area is 162 Å². The van der Waals surface area contributed by atoms with Gasteiger partial charge in [0.1, 0.15) is 10.8 Å². The Bertz CT molecular complexity index is 1180. The third-order valence-corrected chi connectivity index (χ3v) is 4.04. The SMILES string of the molecule is Cc1ncn(Cc2cc(Cl)c(=O)[nH]n2)c(=O)c1Oc1cc(Cl)cc(C#N)c1. The van der Waals surface area contributed by atoms with E-state index in [0.29, 0.717) is 22.0 Å². The van der Waals surface area contributed by atoms with Gasteiger partial charge in [-0.25, -0.2) is 10.1 Å². The molecule has 1 N–H and O–H groups in total. The van der Waals surface area contributed by atoms with Crippen LogP contribution in [0.5, 0.6) is 11.5 Å². The van der Waals surface area contributed by atoms with Crippen molar-refractivity contribution in [1.82, 2.24) is 19.7 Å². The number of halogens is 2. The number of aromatic nitrogens is 4. The smallest absolute Gasteiger partial charge is 0.296 e. The summed E-state index contributed by atoms with van der Waals surface area (Å²) in [7, 11) is 0. The first kappa shape index (κ1) is 18.6. The zero-order valence-corrected chi connectivity index (χ0v) is 15.4. The monoisotopic (exact) mass is 403 g/mol. The molecule has 0 radical (unpaired) electrons. The van der Waals surface area contributed by atoms with Gasteiger partial charge in [0.15, 0.2) is 0 Å². The molecule has 0 atom stereocenters. The fourth-order valence-electron chi connectivity index (χ4n) is 2.26. The van der Waals surface area contributed by atoms with Crippen molar-refractivity contribution in [2.45, 2.75) is 13.5 Å². The van der Waals surface area contributed by atoms with E-state index in [4.69, 9.17) is 33.2 Å². The molecule has 0 fully saturated rings. The van der Waals surface area contributed by atoms with Gasteiger partial charge in [0.2, 0.25) is 5.75 Å². The summed E-state index contributed by atoms with van der Waals surface area (Å²) in [6.45, 7) is 1.64. The molecular formula is C17H11Cl2N5O3. The summed E-state index contributed by atoms with van der Waals surface area (Å²) in [4.78, 5) is 28.2. The normalized spacial score (nSPS) is 10.4. The van der Waals surface area contributed by atoms with Crippen LogP contribution in [-0.2, 0) is 6.54 Å². The fourth-order valence-corrected chi connectivity index (χ4v) is 2.66. The summed E-state index contributed by atoms with van der Waals surface area (Å²) in [6.07, 6.45) is 1.34. The first-order valence-corrected chi connectivity index (χ1v) is 8.31. The highest BCUT2D eigenvalue weighted by Crippen LogP contribution is 2.25. The average Bonchev–Trinajstić information content (AvgIpc) is 2.63. The summed E-state index contributed by atoms with van der Waals surface area (Å²) in [5.41, 5.74) is 0.0413. The molecule has 27 heavy (non-hydrogen) atoms. The number of rotatable bonds is 4. The first-order chi connectivity index (χ1) is 12.9. The predicted molar refractivity (Wildman–Crippen MR) is 98.4 cm³/mol. The Hall–Kier alpha value is -3.15. The second-order valence-corrected chi connectivity index (χ2v) is 6.36. The van der Waals surface area contributed by atoms with Crippen LogP contribution in [0.3, 0.4) is 0 Å². The molecule has 2 heterocycles. The Morgan fingerprint density at radius 2 is 2.04 bits per heavy atom. The highest BCUT2D eigenvalue weighted by Gasteiger charge is 2.13. The Kier molecular flexibility index (Phi) is 5.26. The molecule has 0 spiro atoms. The zero-order valence-electron chi connectivity index (χ0n) is 13.9. The van der Waals surface area contributed by atoms with Crippen LogP contribution in [0.1, 0.15) is 17.0 Å². The molecular weight excluding hydrogens is 393 g/mol. The molecule has 0 aliphatic heterocycles. The summed E-state index contributed by atoms with van der Waals surface area (Å²) in [6, 6.07) is 7.76. The van der Waals surface area contributed by atoms with Gasteiger partial charge in [0.25, 0.3) is 11.1 Å². The van der Waals surface area contributed by atoms with E-state index in [9.17, 15) is 9.59 Å². The number of nitrogens with zero attached hydrogens (tertiary/aromatic N) is 4. The van der Waals surface area contributed by atoms with E-state index >= 15 is 0 Å². The van der Waals surface area contributed by atoms with Gasteiger partial charge in [-0.15, -0.1) is 0 Å². The predicted octanol–water partition coefficient (Wildman–Crippen LogP) is 2.65. The maximum atomic E-state index is 12.8. The standard InChI is InChI=1S/C17H11Cl2N5O3/c1-9-15(27-13-3-10(6-20)2-11(18)4-13)17(26)24(8-21-9)7-12-5-14(19)16(25)23-22-12/h2-5,8H,7H2,1H3,(H,23,25). The average molecular weight is 404 g/mol. The number of aromatic amines is 1. The largest absolute Gasteiger partial charge is 0.450 e. The van der Waals surface area contributed by atoms with E-state index in [1.165, 1.54) is 35.2 Å². The quantitative estimate of drug-likeness (QED) is 0.715. The number of aryl methyl sites for hydroxylation is 1. The van der Waals surface area contributed by atoms with Crippen LogP contribution < -0.4 is 15.9 Å². The number of hydrogen-bond acceptors (Lipinski definition) is 6. The molecule has 0 bridgehead atoms. The van der Waals surface area contributed by atoms with Gasteiger partial charge < -0.3 is 4.74 Å². The van der Waals surface area contributed by atoms with Gasteiger partial charge in [-0.2, -0.15) is 10.4 Å². The number of nitrogens with one attached hydrogen (secondary N) is 1. The van der Waals surface area contributed by atoms with Crippen molar-refractivity contribution >= 4 is 23.2 Å². The molecule has 0 saturated carbocycles. The van der Waals surface area contributed by atoms with E-state index in [1.54, 1.807) is 6.92 Å². The molecule has 3 aromatic rings. The number of benzene rings is 1. The zero-order chi connectivity index (χ0) is 19.6. The van der Waals surface area contributed by atoms with Crippen molar-refractivity contribution in [1.29, 1.82) is 5.26 Å². The fraction of sp³-hybridized carbons (Fsp3) is 0.118. The maximum absolute atomic E-state index is 12.8. The second-order valence-electron chi connectivity index (χ2n) is 5.52. The molecule has 136 valence electrons. The number of ether oxygens (including phenoxy) is 1. The van der Waals surface area contributed by atoms with E-state index < -0.39 is 11.1 Å². The molecule has 0 aliphatic rings. The van der Waals surface area contributed by atoms with Gasteiger partial charge in [0.05, 0.1) is 35.9 Å². The number of hydrogen-bond donors (Lipinski definition) is 1. The van der Waals surface area contributed by atoms with Crippen molar-refractivity contribution in [2.24, 2.45) is 0 Å². The van der Waals surface area contributed by atoms with Crippen molar-refractivity contribution in [3.8, 4) is 17.6 Å². The van der Waals surface area contributed by atoms with Gasteiger partial charge in [-0.05, 0) is 31.2 Å². The van der Waals surface area contributed by atoms with E-state index in [2.05, 4.69) is 15.2 Å². The van der Waals surface area contributed by atoms with Crippen LogP contribution in [0, 0.1) is 18.3 Å². The molecule has 2 aromatic heterocycles. The Morgan fingerprint density at radius 3 is 2.74 bits per heavy atom. The van der Waals surface area contributed by atoms with Crippen molar-refractivity contribution in [3.05, 3.63) is 78.3 Å². The van der Waals surface area contributed by atoms with Crippen molar-refractivity contribution in [2.75, 3.05) is 0 Å². The molecule has 8 nitrogen and oxygen atoms in total. The minimum atomic E-state index is -0.520. The minimum Gasteiger partial charge on any atom is -0.450 e. The van der Waals surface area contributed by atoms with E-state index in [1.807, 2.05) is 6.07 Å². The molecule has 0 unspecified atom stereocenters. The Balaban J connectivity index is 1.97. The summed E-state index contributed by atoms with van der Waals surface area (Å²) >= 11 is 11.7. The van der Waals surface area contributed by atoms with Crippen molar-refractivity contribution in [3.63, 3.8) is 0 Å². The Morgan fingerprint density at radius 1 is 1.26 bits per heavy atom. The van der Waals surface area contributed by atoms with Crippen LogP contribution in [0.4, 0.5) is 0 Å². The third kappa shape index (κ3) is 4.16. The highest BCUT2D eigenvalue weighted by atomic mass is 35.5. The summed E-state index contributed by atoms with van der Waals surface area (Å²) < 4.78 is 6.91. The molecule has 0 saturated heterocycles. The lowest BCUT2D eigenvalue weighted by Gasteiger charge is -2.11. The maximum Gasteiger partial charge on any atom is 0.296 e. The lowest BCUT2D eigenvalue weighted by Crippen LogP contribution is -2.24. The number of nitriles is 1. The van der Waals surface area contributed by atoms with Crippen LogP contribution in [0.2, 0.25) is 10.0 Å². The molecule has 0 aliphatic carbocycles. The number of H-pyrrole nitrogens is 1. The topological polar surface area (TPSA) is 114 Å². The summed E-state index contributed by atoms with van der Waals surface area (Å²) in [5, 5.41) is 15.4. The van der Waals surface area contributed by atoms with Gasteiger partial charge in [-0.1, -0.05) is 23.2 Å². The second kappa shape index (κ2) is 7.61. The molecule has 3 rings (SSSR count). The van der Waals surface area contributed by atoms with Crippen LogP contribution >= 0.6 is 23.2 Å². The molecule has 10 heteroatoms. The van der Waals surface area contributed by atoms with Crippen LogP contribution in [0.15, 0.2) is 40.2 Å².